The van der Waals surface area contributed by atoms with Crippen molar-refractivity contribution in [1.82, 2.24) is 4.90 Å². The van der Waals surface area contributed by atoms with Crippen LogP contribution in [0.3, 0.4) is 0 Å². The number of hydrogen-bond acceptors (Lipinski definition) is 1. The van der Waals surface area contributed by atoms with Crippen LogP contribution in [0.2, 0.25) is 0 Å². The highest BCUT2D eigenvalue weighted by molar-refractivity contribution is 5.89. The van der Waals surface area contributed by atoms with E-state index in [1.54, 1.807) is 6.07 Å². The van der Waals surface area contributed by atoms with Gasteiger partial charge in [-0.25, -0.2) is 4.79 Å². The maximum Gasteiger partial charge on any atom is 0.321 e. The predicted molar refractivity (Wildman–Crippen MR) is 64.2 cm³/mol. The average Bonchev–Trinajstić information content (AvgIpc) is 2.83. The molecule has 82 valence electrons. The van der Waals surface area contributed by atoms with Crippen LogP contribution in [0.25, 0.3) is 0 Å². The summed E-state index contributed by atoms with van der Waals surface area (Å²) < 4.78 is 0. The van der Waals surface area contributed by atoms with Gasteiger partial charge in [0.2, 0.25) is 0 Å². The first-order chi connectivity index (χ1) is 7.79. The first-order valence-corrected chi connectivity index (χ1v) is 5.42. The van der Waals surface area contributed by atoms with Gasteiger partial charge in [-0.15, -0.1) is 6.42 Å². The van der Waals surface area contributed by atoms with Crippen molar-refractivity contribution in [3.8, 4) is 12.3 Å². The van der Waals surface area contributed by atoms with Gasteiger partial charge in [-0.1, -0.05) is 12.0 Å². The summed E-state index contributed by atoms with van der Waals surface area (Å²) in [5, 5.41) is 2.85. The number of nitrogens with one attached hydrogen (secondary N) is 1. The van der Waals surface area contributed by atoms with Gasteiger partial charge in [0.25, 0.3) is 0 Å². The van der Waals surface area contributed by atoms with Gasteiger partial charge in [-0.3, -0.25) is 0 Å². The van der Waals surface area contributed by atoms with Gasteiger partial charge in [0.05, 0.1) is 0 Å². The molecule has 0 spiro atoms. The lowest BCUT2D eigenvalue weighted by atomic mass is 10.2. The third-order valence-corrected chi connectivity index (χ3v) is 2.67. The lowest BCUT2D eigenvalue weighted by Crippen LogP contribution is -2.32. The Kier molecular flexibility index (Phi) is 3.11. The Morgan fingerprint density at radius 2 is 2.12 bits per heavy atom. The zero-order valence-electron chi connectivity index (χ0n) is 9.07. The molecule has 0 aliphatic carbocycles. The summed E-state index contributed by atoms with van der Waals surface area (Å²) in [4.78, 5) is 13.6. The topological polar surface area (TPSA) is 32.3 Å². The van der Waals surface area contributed by atoms with E-state index in [2.05, 4.69) is 11.2 Å². The number of nitrogens with zero attached hydrogens (tertiary/aromatic N) is 1. The number of anilines is 1. The van der Waals surface area contributed by atoms with Crippen LogP contribution in [0.1, 0.15) is 18.4 Å². The van der Waals surface area contributed by atoms with Crippen LogP contribution in [0.5, 0.6) is 0 Å². The molecule has 1 N–H and O–H groups in total. The fourth-order valence-corrected chi connectivity index (χ4v) is 1.81. The lowest BCUT2D eigenvalue weighted by Gasteiger charge is -2.16. The summed E-state index contributed by atoms with van der Waals surface area (Å²) in [6.45, 7) is 1.70. The van der Waals surface area contributed by atoms with Crippen molar-refractivity contribution in [3.05, 3.63) is 29.8 Å². The molecule has 0 aromatic heterocycles. The summed E-state index contributed by atoms with van der Waals surface area (Å²) in [7, 11) is 0. The van der Waals surface area contributed by atoms with E-state index in [9.17, 15) is 4.79 Å². The number of carbonyl (C=O) groups excluding carboxylic acids is 1. The molecule has 1 aliphatic heterocycles. The first kappa shape index (κ1) is 10.6. The number of amides is 2. The van der Waals surface area contributed by atoms with Crippen LogP contribution in [-0.2, 0) is 0 Å². The summed E-state index contributed by atoms with van der Waals surface area (Å²) in [5.74, 6) is 2.55. The van der Waals surface area contributed by atoms with Crippen molar-refractivity contribution in [2.75, 3.05) is 18.4 Å². The summed E-state index contributed by atoms with van der Waals surface area (Å²) in [5.41, 5.74) is 1.53. The van der Waals surface area contributed by atoms with Crippen LogP contribution in [0, 0.1) is 12.3 Å². The molecule has 3 nitrogen and oxygen atoms in total. The number of hydrogen-bond donors (Lipinski definition) is 1. The molecular weight excluding hydrogens is 200 g/mol. The second kappa shape index (κ2) is 4.71. The van der Waals surface area contributed by atoms with Gasteiger partial charge in [-0.05, 0) is 31.0 Å². The van der Waals surface area contributed by atoms with Crippen molar-refractivity contribution in [2.45, 2.75) is 12.8 Å². The SMILES string of the molecule is C#Cc1cccc(NC(=O)N2CCCC2)c1. The van der Waals surface area contributed by atoms with Gasteiger partial charge in [0.1, 0.15) is 0 Å². The molecule has 1 aromatic carbocycles. The lowest BCUT2D eigenvalue weighted by molar-refractivity contribution is 0.222. The highest BCUT2D eigenvalue weighted by atomic mass is 16.2. The fourth-order valence-electron chi connectivity index (χ4n) is 1.81. The van der Waals surface area contributed by atoms with Gasteiger partial charge in [0, 0.05) is 24.3 Å². The standard InChI is InChI=1S/C13H14N2O/c1-2-11-6-5-7-12(10-11)14-13(16)15-8-3-4-9-15/h1,5-7,10H,3-4,8-9H2,(H,14,16). The molecule has 0 unspecified atom stereocenters. The molecule has 2 amide bonds. The van der Waals surface area contributed by atoms with Crippen LogP contribution in [0.4, 0.5) is 10.5 Å². The minimum absolute atomic E-state index is 0.0355. The maximum atomic E-state index is 11.8. The molecule has 1 fully saturated rings. The number of terminal acetylenes is 1. The van der Waals surface area contributed by atoms with Crippen LogP contribution >= 0.6 is 0 Å². The van der Waals surface area contributed by atoms with E-state index in [0.717, 1.165) is 37.2 Å². The minimum Gasteiger partial charge on any atom is -0.325 e. The summed E-state index contributed by atoms with van der Waals surface area (Å²) in [6.07, 6.45) is 7.49. The first-order valence-electron chi connectivity index (χ1n) is 5.42. The molecular formula is C13H14N2O. The molecule has 16 heavy (non-hydrogen) atoms. The van der Waals surface area contributed by atoms with Crippen molar-refractivity contribution in [2.24, 2.45) is 0 Å². The van der Waals surface area contributed by atoms with E-state index in [1.807, 2.05) is 23.1 Å². The molecule has 1 aromatic rings. The zero-order valence-corrected chi connectivity index (χ0v) is 9.07. The van der Waals surface area contributed by atoms with E-state index in [4.69, 9.17) is 6.42 Å². The second-order valence-electron chi connectivity index (χ2n) is 3.85. The maximum absolute atomic E-state index is 11.8. The molecule has 1 aliphatic rings. The highest BCUT2D eigenvalue weighted by Crippen LogP contribution is 2.13. The molecule has 0 atom stereocenters. The number of likely N-dealkylation sites (tertiary alicyclic amines) is 1. The minimum atomic E-state index is -0.0355. The highest BCUT2D eigenvalue weighted by Gasteiger charge is 2.17. The summed E-state index contributed by atoms with van der Waals surface area (Å²) in [6, 6.07) is 7.29. The van der Waals surface area contributed by atoms with Gasteiger partial charge in [-0.2, -0.15) is 0 Å². The molecule has 0 saturated carbocycles. The van der Waals surface area contributed by atoms with Crippen LogP contribution in [0.15, 0.2) is 24.3 Å². The largest absolute Gasteiger partial charge is 0.325 e. The van der Waals surface area contributed by atoms with E-state index in [1.165, 1.54) is 0 Å². The molecule has 1 saturated heterocycles. The molecule has 1 heterocycles. The van der Waals surface area contributed by atoms with E-state index in [-0.39, 0.29) is 6.03 Å². The Hall–Kier alpha value is -1.95. The Bertz CT molecular complexity index is 428. The molecule has 0 bridgehead atoms. The summed E-state index contributed by atoms with van der Waals surface area (Å²) >= 11 is 0. The normalized spacial score (nSPS) is 14.6. The van der Waals surface area contributed by atoms with Gasteiger partial charge in [0.15, 0.2) is 0 Å². The van der Waals surface area contributed by atoms with Crippen molar-refractivity contribution >= 4 is 11.7 Å². The van der Waals surface area contributed by atoms with Crippen molar-refractivity contribution in [3.63, 3.8) is 0 Å². The van der Waals surface area contributed by atoms with Crippen LogP contribution in [-0.4, -0.2) is 24.0 Å². The van der Waals surface area contributed by atoms with E-state index < -0.39 is 0 Å². The molecule has 0 radical (unpaired) electrons. The Morgan fingerprint density at radius 1 is 1.38 bits per heavy atom. The fraction of sp³-hybridized carbons (Fsp3) is 0.308. The quantitative estimate of drug-likeness (QED) is 0.715. The third kappa shape index (κ3) is 2.34. The number of rotatable bonds is 1. The van der Waals surface area contributed by atoms with E-state index >= 15 is 0 Å². The van der Waals surface area contributed by atoms with E-state index in [0.29, 0.717) is 0 Å². The second-order valence-corrected chi connectivity index (χ2v) is 3.85. The average molecular weight is 214 g/mol. The Labute approximate surface area is 95.5 Å². The predicted octanol–water partition coefficient (Wildman–Crippen LogP) is 2.30. The monoisotopic (exact) mass is 214 g/mol. The van der Waals surface area contributed by atoms with Gasteiger partial charge >= 0.3 is 6.03 Å². The Balaban J connectivity index is 2.03. The molecule has 2 rings (SSSR count). The molecule has 3 heteroatoms. The smallest absolute Gasteiger partial charge is 0.321 e. The van der Waals surface area contributed by atoms with Crippen molar-refractivity contribution in [1.29, 1.82) is 0 Å². The zero-order chi connectivity index (χ0) is 11.4. The van der Waals surface area contributed by atoms with Crippen molar-refractivity contribution < 1.29 is 4.79 Å². The van der Waals surface area contributed by atoms with Gasteiger partial charge < -0.3 is 10.2 Å². The van der Waals surface area contributed by atoms with Crippen LogP contribution < -0.4 is 5.32 Å². The number of urea groups is 1. The third-order valence-electron chi connectivity index (χ3n) is 2.67. The Morgan fingerprint density at radius 3 is 2.81 bits per heavy atom. The number of carbonyl (C=O) groups is 1. The number of benzene rings is 1.